The Balaban J connectivity index is 1.49. The second kappa shape index (κ2) is 9.60. The van der Waals surface area contributed by atoms with E-state index >= 15 is 0 Å². The van der Waals surface area contributed by atoms with Crippen molar-refractivity contribution in [3.05, 3.63) is 59.7 Å². The number of para-hydroxylation sites is 1. The molecule has 2 heterocycles. The molecule has 0 aromatic heterocycles. The number of hydrogen-bond donors (Lipinski definition) is 1. The second-order valence-electron chi connectivity index (χ2n) is 8.41. The van der Waals surface area contributed by atoms with Gasteiger partial charge in [-0.1, -0.05) is 18.2 Å². The van der Waals surface area contributed by atoms with Gasteiger partial charge < -0.3 is 14.8 Å². The lowest BCUT2D eigenvalue weighted by Gasteiger charge is -2.38. The molecule has 2 aromatic carbocycles. The minimum absolute atomic E-state index is 0.226. The molecule has 2 aromatic rings. The molecule has 1 amide bonds. The van der Waals surface area contributed by atoms with Crippen LogP contribution in [0, 0.1) is 0 Å². The molecule has 0 saturated carbocycles. The number of nitrogens with zero attached hydrogens (tertiary/aromatic N) is 1. The van der Waals surface area contributed by atoms with Crippen LogP contribution >= 0.6 is 0 Å². The number of amides is 1. The highest BCUT2D eigenvalue weighted by Crippen LogP contribution is 2.39. The first-order valence-corrected chi connectivity index (χ1v) is 12.5. The smallest absolute Gasteiger partial charge is 0.251 e. The lowest BCUT2D eigenvalue weighted by molar-refractivity contribution is 0.0479. The Kier molecular flexibility index (Phi) is 6.83. The fraction of sp³-hybridized carbons (Fsp3) is 0.458. The molecular weight excluding hydrogens is 428 g/mol. The molecule has 172 valence electrons. The van der Waals surface area contributed by atoms with Gasteiger partial charge in [0.2, 0.25) is 10.0 Å². The van der Waals surface area contributed by atoms with Crippen LogP contribution in [0.1, 0.15) is 41.6 Å². The monoisotopic (exact) mass is 458 g/mol. The Hall–Kier alpha value is -2.42. The largest absolute Gasteiger partial charge is 0.496 e. The summed E-state index contributed by atoms with van der Waals surface area (Å²) in [6.07, 6.45) is 3.33. The average Bonchev–Trinajstić information content (AvgIpc) is 3.39. The van der Waals surface area contributed by atoms with Crippen molar-refractivity contribution in [2.45, 2.75) is 36.0 Å². The first kappa shape index (κ1) is 22.8. The Morgan fingerprint density at radius 2 is 1.72 bits per heavy atom. The van der Waals surface area contributed by atoms with E-state index in [4.69, 9.17) is 9.47 Å². The summed E-state index contributed by atoms with van der Waals surface area (Å²) in [7, 11) is -1.84. The van der Waals surface area contributed by atoms with Gasteiger partial charge in [0.15, 0.2) is 0 Å². The lowest BCUT2D eigenvalue weighted by atomic mass is 9.73. The zero-order chi connectivity index (χ0) is 22.6. The fourth-order valence-corrected chi connectivity index (χ4v) is 6.11. The molecular formula is C24H30N2O5S. The van der Waals surface area contributed by atoms with Gasteiger partial charge in [-0.05, 0) is 56.0 Å². The number of sulfonamides is 1. The third kappa shape index (κ3) is 4.53. The molecule has 32 heavy (non-hydrogen) atoms. The molecule has 0 radical (unpaired) electrons. The molecule has 0 atom stereocenters. The van der Waals surface area contributed by atoms with E-state index < -0.39 is 10.0 Å². The van der Waals surface area contributed by atoms with Gasteiger partial charge in [-0.15, -0.1) is 0 Å². The highest BCUT2D eigenvalue weighted by Gasteiger charge is 2.37. The summed E-state index contributed by atoms with van der Waals surface area (Å²) in [5.41, 5.74) is 1.23. The highest BCUT2D eigenvalue weighted by atomic mass is 32.2. The van der Waals surface area contributed by atoms with E-state index in [2.05, 4.69) is 5.32 Å². The van der Waals surface area contributed by atoms with E-state index in [0.29, 0.717) is 38.4 Å². The van der Waals surface area contributed by atoms with Gasteiger partial charge in [-0.2, -0.15) is 4.31 Å². The van der Waals surface area contributed by atoms with Crippen molar-refractivity contribution in [3.8, 4) is 5.75 Å². The van der Waals surface area contributed by atoms with Crippen molar-refractivity contribution in [2.75, 3.05) is 40.0 Å². The predicted molar refractivity (Wildman–Crippen MR) is 121 cm³/mol. The fourth-order valence-electron chi connectivity index (χ4n) is 4.59. The van der Waals surface area contributed by atoms with Gasteiger partial charge in [0, 0.05) is 49.4 Å². The van der Waals surface area contributed by atoms with Gasteiger partial charge in [0.25, 0.3) is 5.91 Å². The standard InChI is InChI=1S/C24H30N2O5S/c1-30-22-7-3-2-6-21(22)24(12-16-31-17-13-24)18-25-23(27)19-8-10-20(11-9-19)32(28,29)26-14-4-5-15-26/h2-3,6-11H,4-5,12-18H2,1H3,(H,25,27). The maximum Gasteiger partial charge on any atom is 0.251 e. The maximum absolute atomic E-state index is 12.9. The lowest BCUT2D eigenvalue weighted by Crippen LogP contribution is -2.44. The molecule has 2 fully saturated rings. The number of hydrogen-bond acceptors (Lipinski definition) is 5. The van der Waals surface area contributed by atoms with Crippen LogP contribution in [0.3, 0.4) is 0 Å². The zero-order valence-electron chi connectivity index (χ0n) is 18.4. The van der Waals surface area contributed by atoms with E-state index in [1.165, 1.54) is 16.4 Å². The van der Waals surface area contributed by atoms with Crippen molar-refractivity contribution in [1.82, 2.24) is 9.62 Å². The van der Waals surface area contributed by atoms with Crippen molar-refractivity contribution in [3.63, 3.8) is 0 Å². The first-order valence-electron chi connectivity index (χ1n) is 11.1. The molecule has 4 rings (SSSR count). The molecule has 0 aliphatic carbocycles. The van der Waals surface area contributed by atoms with Crippen molar-refractivity contribution < 1.29 is 22.7 Å². The summed E-state index contributed by atoms with van der Waals surface area (Å²) >= 11 is 0. The molecule has 0 bridgehead atoms. The molecule has 1 N–H and O–H groups in total. The van der Waals surface area contributed by atoms with Crippen molar-refractivity contribution in [2.24, 2.45) is 0 Å². The van der Waals surface area contributed by atoms with E-state index in [1.807, 2.05) is 24.3 Å². The van der Waals surface area contributed by atoms with Crippen LogP contribution in [0.25, 0.3) is 0 Å². The summed E-state index contributed by atoms with van der Waals surface area (Å²) in [6.45, 7) is 2.80. The van der Waals surface area contributed by atoms with Gasteiger partial charge in [-0.3, -0.25) is 4.79 Å². The van der Waals surface area contributed by atoms with Crippen LogP contribution in [0.15, 0.2) is 53.4 Å². The minimum atomic E-state index is -3.49. The molecule has 0 unspecified atom stereocenters. The molecule has 7 nitrogen and oxygen atoms in total. The summed E-state index contributed by atoms with van der Waals surface area (Å²) < 4.78 is 38.1. The average molecular weight is 459 g/mol. The van der Waals surface area contributed by atoms with E-state index in [-0.39, 0.29) is 16.2 Å². The van der Waals surface area contributed by atoms with E-state index in [0.717, 1.165) is 37.0 Å². The van der Waals surface area contributed by atoms with Gasteiger partial charge >= 0.3 is 0 Å². The zero-order valence-corrected chi connectivity index (χ0v) is 19.2. The molecule has 8 heteroatoms. The van der Waals surface area contributed by atoms with E-state index in [1.54, 1.807) is 19.2 Å². The van der Waals surface area contributed by atoms with Crippen LogP contribution < -0.4 is 10.1 Å². The SMILES string of the molecule is COc1ccccc1C1(CNC(=O)c2ccc(S(=O)(=O)N3CCCC3)cc2)CCOCC1. The van der Waals surface area contributed by atoms with Crippen molar-refractivity contribution >= 4 is 15.9 Å². The maximum atomic E-state index is 12.9. The number of benzene rings is 2. The molecule has 2 saturated heterocycles. The predicted octanol–water partition coefficient (Wildman–Crippen LogP) is 2.96. The number of ether oxygens (including phenoxy) is 2. The second-order valence-corrected chi connectivity index (χ2v) is 10.3. The van der Waals surface area contributed by atoms with Crippen LogP contribution in [0.5, 0.6) is 5.75 Å². The Morgan fingerprint density at radius 3 is 2.38 bits per heavy atom. The van der Waals surface area contributed by atoms with Gasteiger partial charge in [-0.25, -0.2) is 8.42 Å². The van der Waals surface area contributed by atoms with Crippen LogP contribution in [0.4, 0.5) is 0 Å². The Labute approximate surface area is 189 Å². The van der Waals surface area contributed by atoms with Crippen LogP contribution in [-0.2, 0) is 20.2 Å². The Morgan fingerprint density at radius 1 is 1.06 bits per heavy atom. The number of methoxy groups -OCH3 is 1. The summed E-state index contributed by atoms with van der Waals surface area (Å²) in [4.78, 5) is 13.1. The summed E-state index contributed by atoms with van der Waals surface area (Å²) in [5, 5.41) is 3.06. The molecule has 2 aliphatic heterocycles. The Bertz CT molecular complexity index is 1040. The van der Waals surface area contributed by atoms with Gasteiger partial charge in [0.05, 0.1) is 12.0 Å². The summed E-state index contributed by atoms with van der Waals surface area (Å²) in [6, 6.07) is 14.1. The third-order valence-electron chi connectivity index (χ3n) is 6.53. The quantitative estimate of drug-likeness (QED) is 0.690. The minimum Gasteiger partial charge on any atom is -0.496 e. The number of carbonyl (C=O) groups excluding carboxylic acids is 1. The van der Waals surface area contributed by atoms with Crippen LogP contribution in [-0.4, -0.2) is 58.6 Å². The normalized spacial score (nSPS) is 18.9. The topological polar surface area (TPSA) is 84.9 Å². The van der Waals surface area contributed by atoms with E-state index in [9.17, 15) is 13.2 Å². The third-order valence-corrected chi connectivity index (χ3v) is 8.45. The number of rotatable bonds is 7. The first-order chi connectivity index (χ1) is 15.5. The summed E-state index contributed by atoms with van der Waals surface area (Å²) in [5.74, 6) is 0.580. The number of nitrogens with one attached hydrogen (secondary N) is 1. The molecule has 0 spiro atoms. The van der Waals surface area contributed by atoms with Crippen LogP contribution in [0.2, 0.25) is 0 Å². The number of carbonyl (C=O) groups is 1. The van der Waals surface area contributed by atoms with Gasteiger partial charge in [0.1, 0.15) is 5.75 Å². The molecule has 2 aliphatic rings. The highest BCUT2D eigenvalue weighted by molar-refractivity contribution is 7.89. The van der Waals surface area contributed by atoms with Crippen molar-refractivity contribution in [1.29, 1.82) is 0 Å².